The molecule has 3 rings (SSSR count). The van der Waals surface area contributed by atoms with E-state index >= 15 is 0 Å². The van der Waals surface area contributed by atoms with E-state index in [0.717, 1.165) is 12.2 Å². The normalized spacial score (nSPS) is 17.1. The molecule has 0 heterocycles. The van der Waals surface area contributed by atoms with E-state index in [1.165, 1.54) is 43.6 Å². The number of aryl methyl sites for hydroxylation is 1. The molecule has 0 saturated heterocycles. The van der Waals surface area contributed by atoms with E-state index in [1.807, 2.05) is 0 Å². The van der Waals surface area contributed by atoms with Crippen molar-refractivity contribution in [2.75, 3.05) is 19.0 Å². The Labute approximate surface area is 125 Å². The Morgan fingerprint density at radius 1 is 1.24 bits per heavy atom. The van der Waals surface area contributed by atoms with Gasteiger partial charge in [0.15, 0.2) is 11.6 Å². The number of hydrogen-bond donors (Lipinski definition) is 1. The van der Waals surface area contributed by atoms with Crippen molar-refractivity contribution >= 4 is 5.69 Å². The highest BCUT2D eigenvalue weighted by molar-refractivity contribution is 5.49. The summed E-state index contributed by atoms with van der Waals surface area (Å²) >= 11 is 0. The Kier molecular flexibility index (Phi) is 4.09. The van der Waals surface area contributed by atoms with Crippen LogP contribution in [0.25, 0.3) is 0 Å². The summed E-state index contributed by atoms with van der Waals surface area (Å²) in [6, 6.07) is 13.6. The van der Waals surface area contributed by atoms with Crippen molar-refractivity contribution in [1.82, 2.24) is 0 Å². The fourth-order valence-electron chi connectivity index (χ4n) is 3.08. The summed E-state index contributed by atoms with van der Waals surface area (Å²) in [4.78, 5) is 0. The molecule has 0 aromatic heterocycles. The highest BCUT2D eigenvalue weighted by Crippen LogP contribution is 2.32. The topological polar surface area (TPSA) is 21.3 Å². The van der Waals surface area contributed by atoms with Crippen molar-refractivity contribution in [2.24, 2.45) is 0 Å². The van der Waals surface area contributed by atoms with Crippen LogP contribution in [-0.2, 0) is 6.42 Å². The molecule has 0 amide bonds. The van der Waals surface area contributed by atoms with Crippen LogP contribution >= 0.6 is 0 Å². The van der Waals surface area contributed by atoms with E-state index in [-0.39, 0.29) is 11.6 Å². The lowest BCUT2D eigenvalue weighted by molar-refractivity contribution is 0.387. The first-order valence-electron chi connectivity index (χ1n) is 7.43. The van der Waals surface area contributed by atoms with Gasteiger partial charge in [0.25, 0.3) is 0 Å². The molecule has 21 heavy (non-hydrogen) atoms. The summed E-state index contributed by atoms with van der Waals surface area (Å²) < 4.78 is 18.4. The van der Waals surface area contributed by atoms with E-state index in [9.17, 15) is 4.39 Å². The number of fused-ring (bicyclic) bond motifs is 1. The van der Waals surface area contributed by atoms with Crippen molar-refractivity contribution in [2.45, 2.75) is 25.2 Å². The molecule has 2 nitrogen and oxygen atoms in total. The third-order valence-corrected chi connectivity index (χ3v) is 4.20. The lowest BCUT2D eigenvalue weighted by atomic mass is 9.83. The summed E-state index contributed by atoms with van der Waals surface area (Å²) in [6.45, 7) is 0.867. The summed E-state index contributed by atoms with van der Waals surface area (Å²) in [6.07, 6.45) is 3.61. The second kappa shape index (κ2) is 6.17. The van der Waals surface area contributed by atoms with Gasteiger partial charge in [-0.15, -0.1) is 0 Å². The Morgan fingerprint density at radius 2 is 2.10 bits per heavy atom. The number of benzene rings is 2. The largest absolute Gasteiger partial charge is 0.494 e. The Bertz CT molecular complexity index is 626. The van der Waals surface area contributed by atoms with Gasteiger partial charge in [0, 0.05) is 24.2 Å². The molecule has 1 atom stereocenters. The zero-order valence-corrected chi connectivity index (χ0v) is 12.2. The van der Waals surface area contributed by atoms with Crippen molar-refractivity contribution < 1.29 is 9.13 Å². The van der Waals surface area contributed by atoms with Crippen LogP contribution in [0.5, 0.6) is 5.75 Å². The Hall–Kier alpha value is -2.03. The zero-order valence-electron chi connectivity index (χ0n) is 12.2. The van der Waals surface area contributed by atoms with Crippen LogP contribution in [0.15, 0.2) is 42.5 Å². The summed E-state index contributed by atoms with van der Waals surface area (Å²) in [7, 11) is 1.49. The molecular weight excluding hydrogens is 265 g/mol. The molecular formula is C18H20FNO. The van der Waals surface area contributed by atoms with Gasteiger partial charge in [0.05, 0.1) is 7.11 Å². The van der Waals surface area contributed by atoms with Crippen molar-refractivity contribution in [3.63, 3.8) is 0 Å². The molecule has 0 spiro atoms. The summed E-state index contributed by atoms with van der Waals surface area (Å²) in [5, 5.41) is 3.41. The molecule has 2 aromatic rings. The molecule has 110 valence electrons. The molecule has 1 aliphatic carbocycles. The number of hydrogen-bond acceptors (Lipinski definition) is 2. The Balaban J connectivity index is 1.71. The van der Waals surface area contributed by atoms with Crippen LogP contribution in [0.3, 0.4) is 0 Å². The van der Waals surface area contributed by atoms with Crippen molar-refractivity contribution in [3.8, 4) is 5.75 Å². The van der Waals surface area contributed by atoms with Crippen LogP contribution < -0.4 is 10.1 Å². The predicted molar refractivity (Wildman–Crippen MR) is 83.6 cm³/mol. The highest BCUT2D eigenvalue weighted by Gasteiger charge is 2.19. The molecule has 0 aliphatic heterocycles. The molecule has 1 unspecified atom stereocenters. The zero-order chi connectivity index (χ0) is 14.7. The van der Waals surface area contributed by atoms with Gasteiger partial charge in [-0.2, -0.15) is 0 Å². The van der Waals surface area contributed by atoms with Gasteiger partial charge < -0.3 is 10.1 Å². The first-order chi connectivity index (χ1) is 10.3. The first-order valence-corrected chi connectivity index (χ1v) is 7.43. The lowest BCUT2D eigenvalue weighted by Gasteiger charge is -2.26. The minimum absolute atomic E-state index is 0.282. The average Bonchev–Trinajstić information content (AvgIpc) is 2.54. The quantitative estimate of drug-likeness (QED) is 0.901. The second-order valence-corrected chi connectivity index (χ2v) is 5.52. The molecule has 0 radical (unpaired) electrons. The molecule has 1 aliphatic rings. The Morgan fingerprint density at radius 3 is 2.95 bits per heavy atom. The first kappa shape index (κ1) is 13.9. The van der Waals surface area contributed by atoms with Crippen LogP contribution in [-0.4, -0.2) is 13.7 Å². The summed E-state index contributed by atoms with van der Waals surface area (Å²) in [5.74, 6) is 0.473. The molecule has 0 saturated carbocycles. The maximum Gasteiger partial charge on any atom is 0.165 e. The van der Waals surface area contributed by atoms with Gasteiger partial charge in [-0.3, -0.25) is 0 Å². The lowest BCUT2D eigenvalue weighted by Crippen LogP contribution is -2.18. The van der Waals surface area contributed by atoms with E-state index < -0.39 is 0 Å². The SMILES string of the molecule is COc1cc(NCC2CCCc3ccccc32)ccc1F. The van der Waals surface area contributed by atoms with Crippen molar-refractivity contribution in [3.05, 3.63) is 59.4 Å². The average molecular weight is 285 g/mol. The third kappa shape index (κ3) is 3.02. The van der Waals surface area contributed by atoms with E-state index in [2.05, 4.69) is 29.6 Å². The predicted octanol–water partition coefficient (Wildman–Crippen LogP) is 4.37. The maximum atomic E-state index is 13.4. The number of halogens is 1. The number of anilines is 1. The monoisotopic (exact) mass is 285 g/mol. The van der Waals surface area contributed by atoms with E-state index in [1.54, 1.807) is 12.1 Å². The minimum Gasteiger partial charge on any atom is -0.494 e. The van der Waals surface area contributed by atoms with Gasteiger partial charge in [0.1, 0.15) is 0 Å². The van der Waals surface area contributed by atoms with Crippen LogP contribution in [0.1, 0.15) is 29.9 Å². The van der Waals surface area contributed by atoms with Crippen LogP contribution in [0.4, 0.5) is 10.1 Å². The van der Waals surface area contributed by atoms with E-state index in [4.69, 9.17) is 4.74 Å². The van der Waals surface area contributed by atoms with Gasteiger partial charge in [0.2, 0.25) is 0 Å². The number of nitrogens with one attached hydrogen (secondary N) is 1. The fourth-order valence-corrected chi connectivity index (χ4v) is 3.08. The molecule has 3 heteroatoms. The second-order valence-electron chi connectivity index (χ2n) is 5.52. The smallest absolute Gasteiger partial charge is 0.165 e. The molecule has 0 fully saturated rings. The highest BCUT2D eigenvalue weighted by atomic mass is 19.1. The number of rotatable bonds is 4. The van der Waals surface area contributed by atoms with Gasteiger partial charge in [-0.05, 0) is 42.5 Å². The van der Waals surface area contributed by atoms with Crippen molar-refractivity contribution in [1.29, 1.82) is 0 Å². The fraction of sp³-hybridized carbons (Fsp3) is 0.333. The minimum atomic E-state index is -0.328. The number of ether oxygens (including phenoxy) is 1. The van der Waals surface area contributed by atoms with Gasteiger partial charge in [-0.1, -0.05) is 24.3 Å². The number of methoxy groups -OCH3 is 1. The van der Waals surface area contributed by atoms with Gasteiger partial charge in [-0.25, -0.2) is 4.39 Å². The molecule has 2 aromatic carbocycles. The maximum absolute atomic E-state index is 13.4. The molecule has 1 N–H and O–H groups in total. The van der Waals surface area contributed by atoms with Crippen LogP contribution in [0, 0.1) is 5.82 Å². The standard InChI is InChI=1S/C18H20FNO/c1-21-18-11-15(9-10-17(18)19)20-12-14-7-4-6-13-5-2-3-8-16(13)14/h2-3,5,8-11,14,20H,4,6-7,12H2,1H3. The van der Waals surface area contributed by atoms with E-state index in [0.29, 0.717) is 5.92 Å². The summed E-state index contributed by atoms with van der Waals surface area (Å²) in [5.41, 5.74) is 3.81. The molecule has 0 bridgehead atoms. The third-order valence-electron chi connectivity index (χ3n) is 4.20. The van der Waals surface area contributed by atoms with Gasteiger partial charge >= 0.3 is 0 Å². The van der Waals surface area contributed by atoms with Crippen LogP contribution in [0.2, 0.25) is 0 Å².